The highest BCUT2D eigenvalue weighted by molar-refractivity contribution is 7.22. The lowest BCUT2D eigenvalue weighted by Crippen LogP contribution is -2.38. The molecular formula is C22H24ClN7O2S. The van der Waals surface area contributed by atoms with Gasteiger partial charge in [-0.15, -0.1) is 0 Å². The Morgan fingerprint density at radius 2 is 1.85 bits per heavy atom. The van der Waals surface area contributed by atoms with Crippen molar-refractivity contribution in [2.45, 2.75) is 0 Å². The number of carbonyl (C=O) groups is 2. The zero-order chi connectivity index (χ0) is 23.5. The van der Waals surface area contributed by atoms with Gasteiger partial charge in [-0.05, 0) is 50.5 Å². The minimum atomic E-state index is -0.220. The molecular weight excluding hydrogens is 462 g/mol. The molecule has 2 aromatic heterocycles. The third-order valence-electron chi connectivity index (χ3n) is 4.90. The van der Waals surface area contributed by atoms with Crippen molar-refractivity contribution < 1.29 is 9.59 Å². The van der Waals surface area contributed by atoms with E-state index >= 15 is 0 Å². The van der Waals surface area contributed by atoms with E-state index in [1.165, 1.54) is 11.3 Å². The van der Waals surface area contributed by atoms with Crippen LogP contribution >= 0.6 is 22.9 Å². The van der Waals surface area contributed by atoms with E-state index in [1.807, 2.05) is 50.0 Å². The van der Waals surface area contributed by atoms with Crippen molar-refractivity contribution >= 4 is 67.1 Å². The molecule has 0 atom stereocenters. The average molecular weight is 486 g/mol. The Labute approximate surface area is 199 Å². The number of hydrogen-bond donors (Lipinski definition) is 3. The quantitative estimate of drug-likeness (QED) is 0.331. The average Bonchev–Trinajstić information content (AvgIpc) is 3.30. The molecule has 33 heavy (non-hydrogen) atoms. The summed E-state index contributed by atoms with van der Waals surface area (Å²) < 4.78 is 2.90. The molecule has 0 aliphatic heterocycles. The summed E-state index contributed by atoms with van der Waals surface area (Å²) >= 11 is 7.56. The van der Waals surface area contributed by atoms with Crippen LogP contribution in [0, 0.1) is 0 Å². The smallest absolute Gasteiger partial charge is 0.251 e. The maximum Gasteiger partial charge on any atom is 0.251 e. The molecule has 0 fully saturated rings. The summed E-state index contributed by atoms with van der Waals surface area (Å²) in [6.45, 7) is 1.02. The van der Waals surface area contributed by atoms with Gasteiger partial charge >= 0.3 is 0 Å². The predicted molar refractivity (Wildman–Crippen MR) is 133 cm³/mol. The highest BCUT2D eigenvalue weighted by Gasteiger charge is 2.13. The molecule has 9 nitrogen and oxygen atoms in total. The van der Waals surface area contributed by atoms with Gasteiger partial charge in [0.2, 0.25) is 11.9 Å². The second-order valence-electron chi connectivity index (χ2n) is 7.80. The van der Waals surface area contributed by atoms with Crippen LogP contribution in [0.15, 0.2) is 36.4 Å². The molecule has 0 saturated heterocycles. The number of rotatable bonds is 8. The minimum Gasteiger partial charge on any atom is -0.353 e. The summed E-state index contributed by atoms with van der Waals surface area (Å²) in [6, 6.07) is 10.9. The topological polar surface area (TPSA) is 104 Å². The van der Waals surface area contributed by atoms with Gasteiger partial charge in [0.1, 0.15) is 0 Å². The lowest BCUT2D eigenvalue weighted by atomic mass is 10.2. The molecule has 0 bridgehead atoms. The van der Waals surface area contributed by atoms with Gasteiger partial charge in [-0.1, -0.05) is 22.9 Å². The third kappa shape index (κ3) is 5.41. The van der Waals surface area contributed by atoms with E-state index in [9.17, 15) is 9.59 Å². The van der Waals surface area contributed by atoms with Crippen molar-refractivity contribution in [2.24, 2.45) is 7.05 Å². The van der Waals surface area contributed by atoms with E-state index in [0.717, 1.165) is 15.7 Å². The number of imidazole rings is 1. The lowest BCUT2D eigenvalue weighted by Gasteiger charge is -2.10. The number of nitrogens with zero attached hydrogens (tertiary/aromatic N) is 4. The fourth-order valence-electron chi connectivity index (χ4n) is 3.32. The van der Waals surface area contributed by atoms with Crippen molar-refractivity contribution in [3.05, 3.63) is 47.0 Å². The molecule has 0 spiro atoms. The first kappa shape index (κ1) is 23.0. The molecule has 2 aromatic carbocycles. The van der Waals surface area contributed by atoms with E-state index in [0.29, 0.717) is 46.8 Å². The molecule has 0 radical (unpaired) electrons. The lowest BCUT2D eigenvalue weighted by molar-refractivity contribution is -0.121. The van der Waals surface area contributed by atoms with E-state index in [2.05, 4.69) is 25.9 Å². The van der Waals surface area contributed by atoms with Gasteiger partial charge in [0, 0.05) is 30.7 Å². The van der Waals surface area contributed by atoms with Crippen molar-refractivity contribution in [3.8, 4) is 0 Å². The molecule has 172 valence electrons. The molecule has 4 rings (SSSR count). The summed E-state index contributed by atoms with van der Waals surface area (Å²) in [5.41, 5.74) is 2.94. The van der Waals surface area contributed by atoms with Crippen LogP contribution in [0.1, 0.15) is 10.4 Å². The number of anilines is 2. The number of hydrogen-bond acceptors (Lipinski definition) is 7. The molecule has 0 unspecified atom stereocenters. The molecule has 0 aliphatic carbocycles. The minimum absolute atomic E-state index is 0.0830. The van der Waals surface area contributed by atoms with E-state index in [4.69, 9.17) is 11.6 Å². The first-order chi connectivity index (χ1) is 15.8. The summed E-state index contributed by atoms with van der Waals surface area (Å²) in [7, 11) is 5.55. The number of aromatic nitrogens is 3. The Morgan fingerprint density at radius 3 is 2.64 bits per heavy atom. The highest BCUT2D eigenvalue weighted by Crippen LogP contribution is 2.31. The molecule has 3 N–H and O–H groups in total. The van der Waals surface area contributed by atoms with Crippen LogP contribution in [-0.2, 0) is 11.8 Å². The normalized spacial score (nSPS) is 11.3. The third-order valence-corrected chi connectivity index (χ3v) is 6.07. The van der Waals surface area contributed by atoms with Gasteiger partial charge in [0.15, 0.2) is 5.13 Å². The van der Waals surface area contributed by atoms with Crippen LogP contribution in [0.5, 0.6) is 0 Å². The second kappa shape index (κ2) is 9.74. The largest absolute Gasteiger partial charge is 0.353 e. The van der Waals surface area contributed by atoms with Crippen molar-refractivity contribution in [2.75, 3.05) is 39.0 Å². The van der Waals surface area contributed by atoms with Gasteiger partial charge in [-0.25, -0.2) is 9.97 Å². The number of halogens is 1. The van der Waals surface area contributed by atoms with Gasteiger partial charge in [-0.2, -0.15) is 0 Å². The van der Waals surface area contributed by atoms with Gasteiger partial charge in [0.25, 0.3) is 5.91 Å². The maximum absolute atomic E-state index is 12.5. The van der Waals surface area contributed by atoms with Crippen LogP contribution in [0.3, 0.4) is 0 Å². The second-order valence-corrected chi connectivity index (χ2v) is 9.26. The zero-order valence-electron chi connectivity index (χ0n) is 18.5. The number of thiazole rings is 1. The Bertz CT molecular complexity index is 1330. The summed E-state index contributed by atoms with van der Waals surface area (Å²) in [4.78, 5) is 35.2. The van der Waals surface area contributed by atoms with Crippen LogP contribution in [-0.4, -0.2) is 65.0 Å². The zero-order valence-corrected chi connectivity index (χ0v) is 20.0. The first-order valence-corrected chi connectivity index (χ1v) is 11.5. The van der Waals surface area contributed by atoms with Crippen LogP contribution < -0.4 is 16.0 Å². The van der Waals surface area contributed by atoms with Crippen LogP contribution in [0.4, 0.5) is 11.1 Å². The van der Waals surface area contributed by atoms with Crippen molar-refractivity contribution in [1.29, 1.82) is 0 Å². The number of amides is 2. The number of aryl methyl sites for hydroxylation is 1. The Balaban J connectivity index is 1.42. The molecule has 0 saturated carbocycles. The number of likely N-dealkylation sites (N-methyl/N-ethyl adjacent to an activating group) is 1. The number of benzene rings is 2. The number of nitrogens with one attached hydrogen (secondary N) is 3. The Kier molecular flexibility index (Phi) is 6.77. The summed E-state index contributed by atoms with van der Waals surface area (Å²) in [6.07, 6.45) is 0. The molecule has 11 heteroatoms. The van der Waals surface area contributed by atoms with E-state index in [1.54, 1.807) is 17.0 Å². The first-order valence-electron chi connectivity index (χ1n) is 10.3. The van der Waals surface area contributed by atoms with Gasteiger partial charge < -0.3 is 25.4 Å². The monoisotopic (exact) mass is 485 g/mol. The van der Waals surface area contributed by atoms with Gasteiger partial charge in [-0.3, -0.25) is 9.59 Å². The van der Waals surface area contributed by atoms with Crippen LogP contribution in [0.25, 0.3) is 21.3 Å². The predicted octanol–water partition coefficient (Wildman–Crippen LogP) is 2.99. The maximum atomic E-state index is 12.5. The summed E-state index contributed by atoms with van der Waals surface area (Å²) in [5.74, 6) is 0.318. The SMILES string of the molecule is CN(C)CC(=O)NCCNC(=O)c1ccc2c(c1)nc(Nc1nc3ccc(Cl)cc3s1)n2C. The van der Waals surface area contributed by atoms with Gasteiger partial charge in [0.05, 0.1) is 27.8 Å². The molecule has 0 aliphatic rings. The fourth-order valence-corrected chi connectivity index (χ4v) is 4.46. The number of carbonyl (C=O) groups excluding carboxylic acids is 2. The fraction of sp³-hybridized carbons (Fsp3) is 0.273. The Hall–Kier alpha value is -3.21. The van der Waals surface area contributed by atoms with Crippen molar-refractivity contribution in [3.63, 3.8) is 0 Å². The van der Waals surface area contributed by atoms with E-state index < -0.39 is 0 Å². The van der Waals surface area contributed by atoms with Crippen LogP contribution in [0.2, 0.25) is 5.02 Å². The number of fused-ring (bicyclic) bond motifs is 2. The van der Waals surface area contributed by atoms with E-state index in [-0.39, 0.29) is 11.8 Å². The summed E-state index contributed by atoms with van der Waals surface area (Å²) in [5, 5.41) is 10.2. The van der Waals surface area contributed by atoms with Crippen molar-refractivity contribution in [1.82, 2.24) is 30.1 Å². The molecule has 2 amide bonds. The Morgan fingerprint density at radius 1 is 1.06 bits per heavy atom. The highest BCUT2D eigenvalue weighted by atomic mass is 35.5. The standard InChI is InChI=1S/C22H24ClN7O2S/c1-29(2)12-19(31)24-8-9-25-20(32)13-4-7-17-16(10-13)26-21(30(17)3)28-22-27-15-6-5-14(23)11-18(15)33-22/h4-7,10-11H,8-9,12H2,1-3H3,(H,24,31)(H,25,32)(H,26,27,28). The molecule has 2 heterocycles. The molecule has 4 aromatic rings.